The molecule has 0 spiro atoms. The summed E-state index contributed by atoms with van der Waals surface area (Å²) in [6, 6.07) is 2.84. The molecule has 0 radical (unpaired) electrons. The van der Waals surface area contributed by atoms with Gasteiger partial charge in [-0.25, -0.2) is 4.79 Å². The first-order chi connectivity index (χ1) is 14.7. The Balaban J connectivity index is 1.53. The number of urea groups is 1. The summed E-state index contributed by atoms with van der Waals surface area (Å²) < 4.78 is 0. The van der Waals surface area contributed by atoms with E-state index in [9.17, 15) is 19.7 Å². The summed E-state index contributed by atoms with van der Waals surface area (Å²) >= 11 is 0. The molecule has 170 valence electrons. The zero-order chi connectivity index (χ0) is 22.7. The fraction of sp³-hybridized carbons (Fsp3) is 0.636. The number of benzene rings is 1. The van der Waals surface area contributed by atoms with Crippen molar-refractivity contribution >= 4 is 23.3 Å². The minimum atomic E-state index is -0.440. The number of carbonyl (C=O) groups is 2. The number of hydrogen-bond donors (Lipinski definition) is 1. The van der Waals surface area contributed by atoms with E-state index in [4.69, 9.17) is 0 Å². The summed E-state index contributed by atoms with van der Waals surface area (Å²) in [5.41, 5.74) is 1.72. The maximum atomic E-state index is 12.8. The molecule has 1 aromatic carbocycles. The Morgan fingerprint density at radius 3 is 2.26 bits per heavy atom. The van der Waals surface area contributed by atoms with Gasteiger partial charge in [-0.3, -0.25) is 19.8 Å². The Bertz CT molecular complexity index is 841. The molecule has 0 aliphatic carbocycles. The smallest absolute Gasteiger partial charge is 0.321 e. The van der Waals surface area contributed by atoms with Gasteiger partial charge in [0.05, 0.1) is 22.7 Å². The standard InChI is InChI=1S/C22H33N5O4/c1-15-11-16(2)13-26(12-15)20(28)14-24-7-9-25(10-8-24)22(29)23-21-17(3)5-6-19(18(21)4)27(30)31/h5-6,15-16H,7-14H2,1-4H3,(H,23,29). The number of anilines is 1. The molecule has 1 aromatic rings. The zero-order valence-electron chi connectivity index (χ0n) is 18.9. The molecule has 9 heteroatoms. The number of piperazine rings is 1. The normalized spacial score (nSPS) is 22.3. The highest BCUT2D eigenvalue weighted by Gasteiger charge is 2.28. The number of nitro groups is 1. The number of hydrogen-bond acceptors (Lipinski definition) is 5. The topological polar surface area (TPSA) is 99.0 Å². The lowest BCUT2D eigenvalue weighted by Crippen LogP contribution is -2.53. The van der Waals surface area contributed by atoms with Crippen molar-refractivity contribution in [3.05, 3.63) is 33.4 Å². The van der Waals surface area contributed by atoms with Gasteiger partial charge in [-0.15, -0.1) is 0 Å². The Labute approximate surface area is 183 Å². The Morgan fingerprint density at radius 2 is 1.68 bits per heavy atom. The average Bonchev–Trinajstić information content (AvgIpc) is 2.70. The quantitative estimate of drug-likeness (QED) is 0.584. The van der Waals surface area contributed by atoms with Crippen LogP contribution in [0, 0.1) is 35.8 Å². The number of aryl methyl sites for hydroxylation is 1. The Kier molecular flexibility index (Phi) is 7.15. The number of piperidine rings is 1. The summed E-state index contributed by atoms with van der Waals surface area (Å²) in [5.74, 6) is 1.24. The van der Waals surface area contributed by atoms with E-state index in [1.165, 1.54) is 12.5 Å². The molecule has 0 saturated carbocycles. The number of nitrogens with one attached hydrogen (secondary N) is 1. The van der Waals surface area contributed by atoms with Crippen LogP contribution < -0.4 is 5.32 Å². The number of carbonyl (C=O) groups excluding carboxylic acids is 2. The molecule has 3 amide bonds. The molecule has 2 aliphatic heterocycles. The summed E-state index contributed by atoms with van der Waals surface area (Å²) in [7, 11) is 0. The van der Waals surface area contributed by atoms with Gasteiger partial charge >= 0.3 is 6.03 Å². The van der Waals surface area contributed by atoms with Crippen molar-refractivity contribution in [2.75, 3.05) is 51.1 Å². The number of likely N-dealkylation sites (tertiary alicyclic amines) is 1. The van der Waals surface area contributed by atoms with Crippen LogP contribution in [0.25, 0.3) is 0 Å². The summed E-state index contributed by atoms with van der Waals surface area (Å²) in [6.45, 7) is 12.2. The minimum Gasteiger partial charge on any atom is -0.341 e. The zero-order valence-corrected chi connectivity index (χ0v) is 18.9. The summed E-state index contributed by atoms with van der Waals surface area (Å²) in [5, 5.41) is 14.0. The van der Waals surface area contributed by atoms with E-state index in [0.29, 0.717) is 55.8 Å². The van der Waals surface area contributed by atoms with Crippen LogP contribution in [0.2, 0.25) is 0 Å². The van der Waals surface area contributed by atoms with Crippen LogP contribution in [0.4, 0.5) is 16.2 Å². The van der Waals surface area contributed by atoms with Gasteiger partial charge in [0, 0.05) is 45.3 Å². The van der Waals surface area contributed by atoms with Crippen LogP contribution in [-0.4, -0.2) is 77.4 Å². The van der Waals surface area contributed by atoms with E-state index in [1.54, 1.807) is 17.9 Å². The van der Waals surface area contributed by atoms with Gasteiger partial charge in [0.2, 0.25) is 5.91 Å². The Morgan fingerprint density at radius 1 is 1.06 bits per heavy atom. The first-order valence-corrected chi connectivity index (χ1v) is 11.0. The molecular formula is C22H33N5O4. The van der Waals surface area contributed by atoms with E-state index in [-0.39, 0.29) is 17.6 Å². The number of amides is 3. The van der Waals surface area contributed by atoms with E-state index < -0.39 is 4.92 Å². The van der Waals surface area contributed by atoms with Crippen LogP contribution in [-0.2, 0) is 4.79 Å². The van der Waals surface area contributed by atoms with Crippen LogP contribution >= 0.6 is 0 Å². The lowest BCUT2D eigenvalue weighted by molar-refractivity contribution is -0.385. The predicted molar refractivity (Wildman–Crippen MR) is 119 cm³/mol. The van der Waals surface area contributed by atoms with Crippen LogP contribution in [0.3, 0.4) is 0 Å². The first-order valence-electron chi connectivity index (χ1n) is 11.0. The van der Waals surface area contributed by atoms with Crippen molar-refractivity contribution in [2.24, 2.45) is 11.8 Å². The second-order valence-electron chi connectivity index (χ2n) is 9.10. The summed E-state index contributed by atoms with van der Waals surface area (Å²) in [6.07, 6.45) is 1.17. The molecular weight excluding hydrogens is 398 g/mol. The monoisotopic (exact) mass is 431 g/mol. The molecule has 2 unspecified atom stereocenters. The minimum absolute atomic E-state index is 0.00872. The van der Waals surface area contributed by atoms with Crippen molar-refractivity contribution < 1.29 is 14.5 Å². The van der Waals surface area contributed by atoms with Gasteiger partial charge in [-0.1, -0.05) is 19.9 Å². The van der Waals surface area contributed by atoms with Crippen LogP contribution in [0.15, 0.2) is 12.1 Å². The molecule has 2 atom stereocenters. The third-order valence-corrected chi connectivity index (χ3v) is 6.31. The number of rotatable bonds is 4. The molecule has 1 N–H and O–H groups in total. The van der Waals surface area contributed by atoms with Crippen LogP contribution in [0.1, 0.15) is 31.4 Å². The van der Waals surface area contributed by atoms with Gasteiger partial charge in [0.25, 0.3) is 5.69 Å². The van der Waals surface area contributed by atoms with Crippen LogP contribution in [0.5, 0.6) is 0 Å². The first kappa shape index (κ1) is 23.0. The second-order valence-corrected chi connectivity index (χ2v) is 9.10. The molecule has 31 heavy (non-hydrogen) atoms. The van der Waals surface area contributed by atoms with Gasteiger partial charge in [0.1, 0.15) is 0 Å². The molecule has 0 aromatic heterocycles. The molecule has 9 nitrogen and oxygen atoms in total. The molecule has 2 aliphatic rings. The largest absolute Gasteiger partial charge is 0.341 e. The number of nitrogens with zero attached hydrogens (tertiary/aromatic N) is 4. The molecule has 2 heterocycles. The van der Waals surface area contributed by atoms with Gasteiger partial charge in [0.15, 0.2) is 0 Å². The number of nitro benzene ring substituents is 1. The predicted octanol–water partition coefficient (Wildman–Crippen LogP) is 2.87. The maximum absolute atomic E-state index is 12.8. The Hall–Kier alpha value is -2.68. The van der Waals surface area contributed by atoms with Gasteiger partial charge < -0.3 is 15.1 Å². The fourth-order valence-electron chi connectivity index (χ4n) is 4.68. The van der Waals surface area contributed by atoms with Crippen molar-refractivity contribution in [2.45, 2.75) is 34.1 Å². The molecule has 0 bridgehead atoms. The van der Waals surface area contributed by atoms with E-state index in [0.717, 1.165) is 18.7 Å². The molecule has 3 rings (SSSR count). The lowest BCUT2D eigenvalue weighted by Gasteiger charge is -2.38. The van der Waals surface area contributed by atoms with Crippen molar-refractivity contribution in [1.82, 2.24) is 14.7 Å². The highest BCUT2D eigenvalue weighted by molar-refractivity contribution is 5.92. The molecule has 2 fully saturated rings. The highest BCUT2D eigenvalue weighted by Crippen LogP contribution is 2.29. The van der Waals surface area contributed by atoms with Crippen molar-refractivity contribution in [3.8, 4) is 0 Å². The van der Waals surface area contributed by atoms with Gasteiger partial charge in [-0.05, 0) is 37.7 Å². The van der Waals surface area contributed by atoms with Crippen molar-refractivity contribution in [1.29, 1.82) is 0 Å². The average molecular weight is 432 g/mol. The van der Waals surface area contributed by atoms with E-state index in [2.05, 4.69) is 24.1 Å². The summed E-state index contributed by atoms with van der Waals surface area (Å²) in [4.78, 5) is 42.0. The van der Waals surface area contributed by atoms with E-state index in [1.807, 2.05) is 11.8 Å². The highest BCUT2D eigenvalue weighted by atomic mass is 16.6. The maximum Gasteiger partial charge on any atom is 0.321 e. The fourth-order valence-corrected chi connectivity index (χ4v) is 4.68. The van der Waals surface area contributed by atoms with E-state index >= 15 is 0 Å². The van der Waals surface area contributed by atoms with Gasteiger partial charge in [-0.2, -0.15) is 0 Å². The molecule has 2 saturated heterocycles. The third kappa shape index (κ3) is 5.52. The lowest BCUT2D eigenvalue weighted by atomic mass is 9.92. The SMILES string of the molecule is Cc1ccc([N+](=O)[O-])c(C)c1NC(=O)N1CCN(CC(=O)N2CC(C)CC(C)C2)CC1. The second kappa shape index (κ2) is 9.64. The third-order valence-electron chi connectivity index (χ3n) is 6.31. The van der Waals surface area contributed by atoms with Crippen molar-refractivity contribution in [3.63, 3.8) is 0 Å².